The molecule has 8 heteroatoms. The number of hydrogen-bond acceptors (Lipinski definition) is 5. The van der Waals surface area contributed by atoms with Crippen molar-refractivity contribution in [1.29, 1.82) is 0 Å². The van der Waals surface area contributed by atoms with Gasteiger partial charge in [-0.05, 0) is 29.7 Å². The van der Waals surface area contributed by atoms with Gasteiger partial charge in [0.1, 0.15) is 5.82 Å². The number of anilines is 1. The number of nitrogens with one attached hydrogen (secondary N) is 1. The molecule has 0 aliphatic heterocycles. The molecule has 0 unspecified atom stereocenters. The van der Waals surface area contributed by atoms with Crippen LogP contribution < -0.4 is 5.32 Å². The maximum atomic E-state index is 12.9. The van der Waals surface area contributed by atoms with Gasteiger partial charge in [0.2, 0.25) is 0 Å². The highest BCUT2D eigenvalue weighted by Crippen LogP contribution is 2.18. The van der Waals surface area contributed by atoms with E-state index in [1.165, 1.54) is 11.4 Å². The van der Waals surface area contributed by atoms with Crippen LogP contribution >= 0.6 is 11.5 Å². The third-order valence-corrected chi connectivity index (χ3v) is 2.56. The fraction of sp³-hybridized carbons (Fsp3) is 0. The monoisotopic (exact) mass is 267 g/mol. The lowest BCUT2D eigenvalue weighted by molar-refractivity contribution is 0.0697. The number of hydrogen-bond donors (Lipinski definition) is 2. The van der Waals surface area contributed by atoms with Gasteiger partial charge in [-0.2, -0.15) is 0 Å². The predicted molar refractivity (Wildman–Crippen MR) is 61.2 cm³/mol. The molecule has 1 aromatic heterocycles. The van der Waals surface area contributed by atoms with Crippen molar-refractivity contribution >= 4 is 29.1 Å². The molecule has 2 aromatic rings. The van der Waals surface area contributed by atoms with Crippen molar-refractivity contribution in [2.24, 2.45) is 0 Å². The number of aromatic carboxylic acids is 1. The largest absolute Gasteiger partial charge is 0.478 e. The quantitative estimate of drug-likeness (QED) is 0.881. The highest BCUT2D eigenvalue weighted by Gasteiger charge is 2.15. The number of rotatable bonds is 3. The number of aromatic nitrogens is 2. The van der Waals surface area contributed by atoms with Crippen molar-refractivity contribution in [1.82, 2.24) is 9.59 Å². The van der Waals surface area contributed by atoms with E-state index in [0.717, 1.165) is 23.7 Å². The number of carbonyl (C=O) groups is 2. The molecule has 0 aliphatic carbocycles. The first-order valence-electron chi connectivity index (χ1n) is 4.69. The Bertz CT molecular complexity index is 600. The minimum atomic E-state index is -1.33. The van der Waals surface area contributed by atoms with Gasteiger partial charge in [-0.25, -0.2) is 9.18 Å². The summed E-state index contributed by atoms with van der Waals surface area (Å²) in [5.74, 6) is -2.63. The van der Waals surface area contributed by atoms with Crippen molar-refractivity contribution in [2.75, 3.05) is 5.32 Å². The summed E-state index contributed by atoms with van der Waals surface area (Å²) in [6.07, 6.45) is 0. The zero-order chi connectivity index (χ0) is 13.1. The predicted octanol–water partition coefficient (Wildman–Crippen LogP) is 1.63. The Morgan fingerprint density at radius 1 is 1.39 bits per heavy atom. The molecule has 1 aromatic carbocycles. The average molecular weight is 267 g/mol. The highest BCUT2D eigenvalue weighted by atomic mass is 32.1. The van der Waals surface area contributed by atoms with Gasteiger partial charge in [0.05, 0.1) is 11.3 Å². The topological polar surface area (TPSA) is 92.2 Å². The van der Waals surface area contributed by atoms with Crippen LogP contribution in [0.4, 0.5) is 10.1 Å². The summed E-state index contributed by atoms with van der Waals surface area (Å²) in [4.78, 5) is 22.5. The number of carbonyl (C=O) groups excluding carboxylic acids is 1. The first-order chi connectivity index (χ1) is 8.58. The normalized spacial score (nSPS) is 10.1. The van der Waals surface area contributed by atoms with Crippen LogP contribution in [0.2, 0.25) is 0 Å². The fourth-order valence-corrected chi connectivity index (χ4v) is 1.69. The van der Waals surface area contributed by atoms with Crippen LogP contribution in [0.3, 0.4) is 0 Å². The average Bonchev–Trinajstić information content (AvgIpc) is 2.84. The molecule has 0 radical (unpaired) electrons. The molecule has 0 fully saturated rings. The van der Waals surface area contributed by atoms with Gasteiger partial charge < -0.3 is 10.4 Å². The zero-order valence-corrected chi connectivity index (χ0v) is 9.57. The van der Waals surface area contributed by atoms with Gasteiger partial charge in [-0.1, -0.05) is 4.49 Å². The van der Waals surface area contributed by atoms with E-state index in [0.29, 0.717) is 0 Å². The van der Waals surface area contributed by atoms with Gasteiger partial charge in [0, 0.05) is 5.38 Å². The van der Waals surface area contributed by atoms with Gasteiger partial charge in [0.25, 0.3) is 5.91 Å². The second-order valence-electron chi connectivity index (χ2n) is 3.24. The van der Waals surface area contributed by atoms with E-state index in [4.69, 9.17) is 5.11 Å². The summed E-state index contributed by atoms with van der Waals surface area (Å²) >= 11 is 0.993. The van der Waals surface area contributed by atoms with Crippen LogP contribution in [0.5, 0.6) is 0 Å². The van der Waals surface area contributed by atoms with Crippen molar-refractivity contribution in [3.63, 3.8) is 0 Å². The van der Waals surface area contributed by atoms with Crippen LogP contribution in [0.1, 0.15) is 20.8 Å². The summed E-state index contributed by atoms with van der Waals surface area (Å²) in [5.41, 5.74) is -0.255. The minimum Gasteiger partial charge on any atom is -0.478 e. The van der Waals surface area contributed by atoms with Crippen LogP contribution in [0.15, 0.2) is 23.6 Å². The third-order valence-electron chi connectivity index (χ3n) is 2.05. The second-order valence-corrected chi connectivity index (χ2v) is 3.85. The first-order valence-corrected chi connectivity index (χ1v) is 5.53. The smallest absolute Gasteiger partial charge is 0.337 e. The number of halogens is 1. The van der Waals surface area contributed by atoms with Crippen molar-refractivity contribution in [2.45, 2.75) is 0 Å². The molecule has 2 N–H and O–H groups in total. The van der Waals surface area contributed by atoms with Crippen LogP contribution in [-0.4, -0.2) is 26.6 Å². The molecule has 0 spiro atoms. The lowest BCUT2D eigenvalue weighted by Crippen LogP contribution is -2.15. The van der Waals surface area contributed by atoms with E-state index in [-0.39, 0.29) is 16.9 Å². The summed E-state index contributed by atoms with van der Waals surface area (Å²) in [7, 11) is 0. The molecule has 18 heavy (non-hydrogen) atoms. The molecule has 92 valence electrons. The summed E-state index contributed by atoms with van der Waals surface area (Å²) < 4.78 is 16.4. The van der Waals surface area contributed by atoms with Crippen LogP contribution in [-0.2, 0) is 0 Å². The summed E-state index contributed by atoms with van der Waals surface area (Å²) in [6.45, 7) is 0. The number of benzene rings is 1. The van der Waals surface area contributed by atoms with Gasteiger partial charge in [-0.3, -0.25) is 4.79 Å². The number of carboxylic acids is 1. The Balaban J connectivity index is 2.29. The Kier molecular flexibility index (Phi) is 3.28. The Morgan fingerprint density at radius 3 is 2.78 bits per heavy atom. The Morgan fingerprint density at radius 2 is 2.17 bits per heavy atom. The zero-order valence-electron chi connectivity index (χ0n) is 8.75. The van der Waals surface area contributed by atoms with Crippen LogP contribution in [0.25, 0.3) is 0 Å². The molecule has 1 heterocycles. The molecule has 0 saturated carbocycles. The molecule has 0 atom stereocenters. The second kappa shape index (κ2) is 4.88. The highest BCUT2D eigenvalue weighted by molar-refractivity contribution is 7.03. The van der Waals surface area contributed by atoms with E-state index < -0.39 is 17.7 Å². The van der Waals surface area contributed by atoms with Crippen molar-refractivity contribution < 1.29 is 19.1 Å². The van der Waals surface area contributed by atoms with Crippen molar-refractivity contribution in [3.05, 3.63) is 40.7 Å². The maximum Gasteiger partial charge on any atom is 0.337 e. The van der Waals surface area contributed by atoms with E-state index in [1.807, 2.05) is 0 Å². The van der Waals surface area contributed by atoms with E-state index in [1.54, 1.807) is 0 Å². The lowest BCUT2D eigenvalue weighted by atomic mass is 10.1. The molecule has 2 rings (SSSR count). The van der Waals surface area contributed by atoms with E-state index >= 15 is 0 Å². The number of nitrogens with zero attached hydrogens (tertiary/aromatic N) is 2. The number of amides is 1. The SMILES string of the molecule is O=C(Nc1ccc(F)cc1C(=O)O)c1csnn1. The maximum absolute atomic E-state index is 12.9. The van der Waals surface area contributed by atoms with Gasteiger partial charge in [-0.15, -0.1) is 5.10 Å². The molecule has 0 bridgehead atoms. The molecular weight excluding hydrogens is 261 g/mol. The van der Waals surface area contributed by atoms with Gasteiger partial charge >= 0.3 is 5.97 Å². The molecule has 0 aliphatic rings. The van der Waals surface area contributed by atoms with Crippen LogP contribution in [0, 0.1) is 5.82 Å². The molecule has 1 amide bonds. The first kappa shape index (κ1) is 12.1. The minimum absolute atomic E-state index is 0.00176. The molecule has 6 nitrogen and oxygen atoms in total. The fourth-order valence-electron chi connectivity index (χ4n) is 1.25. The van der Waals surface area contributed by atoms with E-state index in [2.05, 4.69) is 14.9 Å². The summed E-state index contributed by atoms with van der Waals surface area (Å²) in [5, 5.41) is 16.2. The molecule has 0 saturated heterocycles. The Labute approximate surface area is 104 Å². The van der Waals surface area contributed by atoms with E-state index in [9.17, 15) is 14.0 Å². The molecular formula is C10H6FN3O3S. The third kappa shape index (κ3) is 2.48. The van der Waals surface area contributed by atoms with Gasteiger partial charge in [0.15, 0.2) is 5.69 Å². The summed E-state index contributed by atoms with van der Waals surface area (Å²) in [6, 6.07) is 3.06. The standard InChI is InChI=1S/C10H6FN3O3S/c11-5-1-2-7(6(3-5)10(16)17)12-9(15)8-4-18-14-13-8/h1-4H,(H,12,15)(H,16,17). The lowest BCUT2D eigenvalue weighted by Gasteiger charge is -2.06. The van der Waals surface area contributed by atoms with Crippen molar-refractivity contribution in [3.8, 4) is 0 Å². The number of carboxylic acid groups (broad SMARTS) is 1. The Hall–Kier alpha value is -2.35.